The summed E-state index contributed by atoms with van der Waals surface area (Å²) in [7, 11) is 0. The molecule has 0 radical (unpaired) electrons. The zero-order valence-corrected chi connectivity index (χ0v) is 9.00. The first-order chi connectivity index (χ1) is 8.27. The summed E-state index contributed by atoms with van der Waals surface area (Å²) in [4.78, 5) is 4.74. The highest BCUT2D eigenvalue weighted by atomic mass is 17.1. The van der Waals surface area contributed by atoms with E-state index in [1.807, 2.05) is 0 Å². The Labute approximate surface area is 98.5 Å². The van der Waals surface area contributed by atoms with E-state index in [1.165, 1.54) is 0 Å². The van der Waals surface area contributed by atoms with Gasteiger partial charge in [0.15, 0.2) is 11.4 Å². The van der Waals surface area contributed by atoms with Gasteiger partial charge in [-0.3, -0.25) is 0 Å². The zero-order chi connectivity index (χ0) is 12.1. The fourth-order valence-corrected chi connectivity index (χ4v) is 1.35. The van der Waals surface area contributed by atoms with Crippen LogP contribution in [-0.2, 0) is 4.94 Å². The van der Waals surface area contributed by atoms with Crippen LogP contribution in [0.5, 0.6) is 0 Å². The molecule has 2 aromatic rings. The van der Waals surface area contributed by atoms with Gasteiger partial charge in [0.1, 0.15) is 0 Å². The van der Waals surface area contributed by atoms with Crippen molar-refractivity contribution in [2.45, 2.75) is 0 Å². The molecule has 2 atom stereocenters. The van der Waals surface area contributed by atoms with E-state index in [9.17, 15) is 10.4 Å². The highest BCUT2D eigenvalue weighted by molar-refractivity contribution is 5.28. The normalized spacial score (nSPS) is 14.2. The molecule has 0 aliphatic heterocycles. The molecule has 0 amide bonds. The van der Waals surface area contributed by atoms with Gasteiger partial charge < -0.3 is 10.4 Å². The van der Waals surface area contributed by atoms with Crippen molar-refractivity contribution in [1.29, 1.82) is 0 Å². The average molecular weight is 232 g/mol. The number of hydrogen-bond acceptors (Lipinski definition) is 3. The minimum absolute atomic E-state index is 0.358. The molecule has 2 unspecified atom stereocenters. The monoisotopic (exact) mass is 232 g/mol. The molecule has 0 aliphatic rings. The second kappa shape index (κ2) is 5.53. The van der Waals surface area contributed by atoms with Crippen LogP contribution in [0.4, 0.5) is 11.4 Å². The molecule has 17 heavy (non-hydrogen) atoms. The highest BCUT2D eigenvalue weighted by Gasteiger charge is 2.10. The zero-order valence-electron chi connectivity index (χ0n) is 9.00. The Balaban J connectivity index is 2.02. The molecule has 0 aliphatic carbocycles. The fraction of sp³-hybridized carbons (Fsp3) is 0. The van der Waals surface area contributed by atoms with Crippen LogP contribution in [0.2, 0.25) is 0 Å². The molecule has 0 aromatic heterocycles. The number of benzene rings is 2. The molecule has 0 saturated carbocycles. The average Bonchev–Trinajstić information content (AvgIpc) is 2.40. The Morgan fingerprint density at radius 3 is 1.35 bits per heavy atom. The summed E-state index contributed by atoms with van der Waals surface area (Å²) >= 11 is 0. The summed E-state index contributed by atoms with van der Waals surface area (Å²) in [5.41, 5.74) is 0.716. The first kappa shape index (κ1) is 11.7. The molecule has 2 rings (SSSR count). The number of quaternary nitrogens is 2. The molecule has 0 spiro atoms. The van der Waals surface area contributed by atoms with Crippen LogP contribution in [0, 0.1) is 10.4 Å². The van der Waals surface area contributed by atoms with E-state index in [-0.39, 0.29) is 0 Å². The minimum atomic E-state index is -0.639. The lowest BCUT2D eigenvalue weighted by molar-refractivity contribution is -1.26. The second-order valence-electron chi connectivity index (χ2n) is 3.41. The Hall–Kier alpha value is -1.76. The van der Waals surface area contributed by atoms with Gasteiger partial charge in [-0.05, 0) is 0 Å². The molecule has 0 saturated heterocycles. The summed E-state index contributed by atoms with van der Waals surface area (Å²) < 4.78 is 0. The molecule has 5 nitrogen and oxygen atoms in total. The molecule has 0 bridgehead atoms. The smallest absolute Gasteiger partial charge is 0.168 e. The lowest BCUT2D eigenvalue weighted by Gasteiger charge is -2.23. The standard InChI is InChI=1S/C12H12N2O3/c15-13(11-7-3-1-4-8-11)17-14(16)12-9-5-2-6-10-12/h1-10,13-14H. The molecular formula is C12H12N2O3. The lowest BCUT2D eigenvalue weighted by atomic mass is 10.3. The van der Waals surface area contributed by atoms with Crippen molar-refractivity contribution in [3.05, 3.63) is 71.1 Å². The SMILES string of the molecule is [O-][NH+](O[NH+]([O-])c1ccccc1)c1ccccc1. The maximum absolute atomic E-state index is 11.6. The first-order valence-corrected chi connectivity index (χ1v) is 5.14. The molecule has 2 N–H and O–H groups in total. The van der Waals surface area contributed by atoms with E-state index in [2.05, 4.69) is 0 Å². The molecule has 5 heteroatoms. The topological polar surface area (TPSA) is 64.2 Å². The summed E-state index contributed by atoms with van der Waals surface area (Å²) in [5.74, 6) is 0. The van der Waals surface area contributed by atoms with E-state index >= 15 is 0 Å². The van der Waals surface area contributed by atoms with Gasteiger partial charge in [-0.25, -0.2) is 0 Å². The van der Waals surface area contributed by atoms with Crippen molar-refractivity contribution < 1.29 is 15.4 Å². The predicted molar refractivity (Wildman–Crippen MR) is 61.9 cm³/mol. The Bertz CT molecular complexity index is 406. The summed E-state index contributed by atoms with van der Waals surface area (Å²) in [6.45, 7) is 0. The fourth-order valence-electron chi connectivity index (χ4n) is 1.35. The van der Waals surface area contributed by atoms with Crippen molar-refractivity contribution in [3.8, 4) is 0 Å². The molecule has 0 fully saturated rings. The number of rotatable bonds is 4. The third-order valence-electron chi connectivity index (χ3n) is 2.20. The van der Waals surface area contributed by atoms with E-state index < -0.39 is 10.5 Å². The largest absolute Gasteiger partial charge is 0.590 e. The van der Waals surface area contributed by atoms with Crippen LogP contribution in [0.25, 0.3) is 0 Å². The molecule has 2 aromatic carbocycles. The summed E-state index contributed by atoms with van der Waals surface area (Å²) in [6.07, 6.45) is 0. The lowest BCUT2D eigenvalue weighted by Crippen LogP contribution is -3.20. The molecular weight excluding hydrogens is 220 g/mol. The van der Waals surface area contributed by atoms with E-state index in [4.69, 9.17) is 4.94 Å². The molecule has 88 valence electrons. The van der Waals surface area contributed by atoms with Gasteiger partial charge in [0.25, 0.3) is 0 Å². The van der Waals surface area contributed by atoms with Gasteiger partial charge >= 0.3 is 0 Å². The van der Waals surface area contributed by atoms with Gasteiger partial charge in [-0.2, -0.15) is 0 Å². The third-order valence-corrected chi connectivity index (χ3v) is 2.20. The van der Waals surface area contributed by atoms with Crippen molar-refractivity contribution >= 4 is 11.4 Å². The van der Waals surface area contributed by atoms with Gasteiger partial charge in [-0.15, -0.1) is 10.5 Å². The number of hydrogen-bond donors (Lipinski definition) is 2. The van der Waals surface area contributed by atoms with Crippen molar-refractivity contribution in [3.63, 3.8) is 0 Å². The first-order valence-electron chi connectivity index (χ1n) is 5.14. The maximum Gasteiger partial charge on any atom is 0.168 e. The van der Waals surface area contributed by atoms with E-state index in [0.717, 1.165) is 0 Å². The van der Waals surface area contributed by atoms with Crippen molar-refractivity contribution in [2.75, 3.05) is 0 Å². The van der Waals surface area contributed by atoms with Crippen molar-refractivity contribution in [1.82, 2.24) is 0 Å². The van der Waals surface area contributed by atoms with Crippen LogP contribution in [0.15, 0.2) is 60.7 Å². The van der Waals surface area contributed by atoms with E-state index in [0.29, 0.717) is 11.4 Å². The van der Waals surface area contributed by atoms with Gasteiger partial charge in [-0.1, -0.05) is 36.4 Å². The van der Waals surface area contributed by atoms with Gasteiger partial charge in [0.05, 0.1) is 0 Å². The maximum atomic E-state index is 11.6. The second-order valence-corrected chi connectivity index (χ2v) is 3.41. The minimum Gasteiger partial charge on any atom is -0.590 e. The van der Waals surface area contributed by atoms with Crippen LogP contribution in [-0.4, -0.2) is 0 Å². The van der Waals surface area contributed by atoms with Crippen molar-refractivity contribution in [2.24, 2.45) is 0 Å². The molecule has 0 heterocycles. The van der Waals surface area contributed by atoms with Crippen LogP contribution >= 0.6 is 0 Å². The Morgan fingerprint density at radius 2 is 1.00 bits per heavy atom. The van der Waals surface area contributed by atoms with Crippen LogP contribution in [0.3, 0.4) is 0 Å². The Morgan fingerprint density at radius 1 is 0.647 bits per heavy atom. The predicted octanol–water partition coefficient (Wildman–Crippen LogP) is 0.262. The van der Waals surface area contributed by atoms with E-state index in [1.54, 1.807) is 60.7 Å². The third kappa shape index (κ3) is 3.10. The summed E-state index contributed by atoms with van der Waals surface area (Å²) in [6, 6.07) is 16.8. The Kier molecular flexibility index (Phi) is 3.81. The van der Waals surface area contributed by atoms with Crippen LogP contribution in [0.1, 0.15) is 0 Å². The van der Waals surface area contributed by atoms with Crippen LogP contribution < -0.4 is 10.5 Å². The number of nitrogens with one attached hydrogen (secondary N) is 2. The van der Waals surface area contributed by atoms with Gasteiger partial charge in [0, 0.05) is 29.2 Å². The van der Waals surface area contributed by atoms with Gasteiger partial charge in [0.2, 0.25) is 0 Å². The quantitative estimate of drug-likeness (QED) is 0.743. The summed E-state index contributed by atoms with van der Waals surface area (Å²) in [5, 5.41) is 21.9. The highest BCUT2D eigenvalue weighted by Crippen LogP contribution is 1.99.